The van der Waals surface area contributed by atoms with Gasteiger partial charge >= 0.3 is 0 Å². The summed E-state index contributed by atoms with van der Waals surface area (Å²) in [5, 5.41) is 0. The van der Waals surface area contributed by atoms with E-state index in [1.807, 2.05) is 0 Å². The Hall–Kier alpha value is -0.620. The zero-order valence-corrected chi connectivity index (χ0v) is 9.15. The number of hydrogen-bond acceptors (Lipinski definition) is 5. The van der Waals surface area contributed by atoms with Gasteiger partial charge in [-0.1, -0.05) is 6.58 Å². The average Bonchev–Trinajstić information content (AvgIpc) is 2.26. The van der Waals surface area contributed by atoms with Gasteiger partial charge in [0.05, 0.1) is 45.9 Å². The van der Waals surface area contributed by atoms with Crippen molar-refractivity contribution < 1.29 is 18.9 Å². The highest BCUT2D eigenvalue weighted by Gasteiger charge is 1.90. The van der Waals surface area contributed by atoms with Gasteiger partial charge in [0.2, 0.25) is 0 Å². The predicted octanol–water partition coefficient (Wildman–Crippen LogP) is 0.155. The van der Waals surface area contributed by atoms with Crippen molar-refractivity contribution in [3.63, 3.8) is 0 Å². The molecule has 15 heavy (non-hydrogen) atoms. The largest absolute Gasteiger partial charge is 0.499 e. The lowest BCUT2D eigenvalue weighted by Gasteiger charge is -2.06. The molecule has 0 radical (unpaired) electrons. The molecule has 0 saturated carbocycles. The molecule has 5 nitrogen and oxygen atoms in total. The maximum Gasteiger partial charge on any atom is 0.111 e. The molecule has 0 aromatic rings. The minimum absolute atomic E-state index is 0.531. The van der Waals surface area contributed by atoms with Crippen molar-refractivity contribution >= 4 is 0 Å². The van der Waals surface area contributed by atoms with Gasteiger partial charge in [-0.15, -0.1) is 0 Å². The van der Waals surface area contributed by atoms with Crippen LogP contribution >= 0.6 is 0 Å². The molecular formula is C10H21NO4. The first-order valence-electron chi connectivity index (χ1n) is 5.07. The van der Waals surface area contributed by atoms with E-state index in [1.54, 1.807) is 0 Å². The average molecular weight is 219 g/mol. The second-order valence-electron chi connectivity index (χ2n) is 2.66. The molecule has 0 rings (SSSR count). The Bertz CT molecular complexity index is 133. The fraction of sp³-hybridized carbons (Fsp3) is 0.800. The Morgan fingerprint density at radius 1 is 0.800 bits per heavy atom. The molecule has 0 saturated heterocycles. The van der Waals surface area contributed by atoms with Gasteiger partial charge in [-0.3, -0.25) is 0 Å². The molecular weight excluding hydrogens is 198 g/mol. The van der Waals surface area contributed by atoms with Crippen molar-refractivity contribution in [2.75, 3.05) is 52.8 Å². The number of nitrogens with two attached hydrogens (primary N) is 1. The van der Waals surface area contributed by atoms with Crippen molar-refractivity contribution in [2.45, 2.75) is 0 Å². The third kappa shape index (κ3) is 13.4. The molecule has 0 atom stereocenters. The molecule has 0 bridgehead atoms. The maximum atomic E-state index is 5.24. The molecule has 0 aliphatic carbocycles. The van der Waals surface area contributed by atoms with Crippen LogP contribution in [0.1, 0.15) is 0 Å². The summed E-state index contributed by atoms with van der Waals surface area (Å²) >= 11 is 0. The van der Waals surface area contributed by atoms with Crippen LogP contribution in [0, 0.1) is 0 Å². The molecule has 0 unspecified atom stereocenters. The fourth-order valence-corrected chi connectivity index (χ4v) is 0.816. The topological polar surface area (TPSA) is 62.9 Å². The van der Waals surface area contributed by atoms with Gasteiger partial charge < -0.3 is 24.7 Å². The SMILES string of the molecule is C=COCCOCCOCCOCCN. The summed E-state index contributed by atoms with van der Waals surface area (Å²) in [7, 11) is 0. The van der Waals surface area contributed by atoms with Crippen LogP contribution < -0.4 is 5.73 Å². The minimum Gasteiger partial charge on any atom is -0.499 e. The van der Waals surface area contributed by atoms with E-state index in [0.29, 0.717) is 52.8 Å². The third-order valence-corrected chi connectivity index (χ3v) is 1.47. The molecule has 0 aliphatic rings. The van der Waals surface area contributed by atoms with Gasteiger partial charge in [-0.25, -0.2) is 0 Å². The van der Waals surface area contributed by atoms with Gasteiger partial charge in [-0.05, 0) is 0 Å². The molecule has 0 spiro atoms. The van der Waals surface area contributed by atoms with Crippen LogP contribution in [0.5, 0.6) is 0 Å². The van der Waals surface area contributed by atoms with E-state index in [4.69, 9.17) is 24.7 Å². The summed E-state index contributed by atoms with van der Waals surface area (Å²) in [6.45, 7) is 7.93. The van der Waals surface area contributed by atoms with Crippen molar-refractivity contribution in [1.82, 2.24) is 0 Å². The highest BCUT2D eigenvalue weighted by Crippen LogP contribution is 1.82. The molecule has 0 amide bonds. The monoisotopic (exact) mass is 219 g/mol. The summed E-state index contributed by atoms with van der Waals surface area (Å²) in [6.07, 6.45) is 1.40. The smallest absolute Gasteiger partial charge is 0.111 e. The normalized spacial score (nSPS) is 10.2. The summed E-state index contributed by atoms with van der Waals surface area (Å²) < 4.78 is 20.4. The minimum atomic E-state index is 0.531. The molecule has 0 aliphatic heterocycles. The number of ether oxygens (including phenoxy) is 4. The van der Waals surface area contributed by atoms with Crippen LogP contribution in [0.2, 0.25) is 0 Å². The van der Waals surface area contributed by atoms with Gasteiger partial charge in [0.25, 0.3) is 0 Å². The van der Waals surface area contributed by atoms with E-state index in [-0.39, 0.29) is 0 Å². The zero-order valence-electron chi connectivity index (χ0n) is 9.15. The Morgan fingerprint density at radius 3 is 1.73 bits per heavy atom. The zero-order chi connectivity index (χ0) is 11.2. The lowest BCUT2D eigenvalue weighted by atomic mass is 10.7. The van der Waals surface area contributed by atoms with E-state index in [0.717, 1.165) is 0 Å². The van der Waals surface area contributed by atoms with Crippen molar-refractivity contribution in [3.05, 3.63) is 12.8 Å². The first-order chi connectivity index (χ1) is 7.41. The Balaban J connectivity index is 2.83. The maximum absolute atomic E-state index is 5.24. The summed E-state index contributed by atoms with van der Waals surface area (Å²) in [5.74, 6) is 0. The van der Waals surface area contributed by atoms with Gasteiger partial charge in [0, 0.05) is 6.54 Å². The Labute approximate surface area is 91.1 Å². The molecule has 0 aromatic carbocycles. The molecule has 5 heteroatoms. The lowest BCUT2D eigenvalue weighted by molar-refractivity contribution is 0.00770. The van der Waals surface area contributed by atoms with Gasteiger partial charge in [0.15, 0.2) is 0 Å². The second kappa shape index (κ2) is 13.4. The van der Waals surface area contributed by atoms with Crippen LogP contribution in [0.25, 0.3) is 0 Å². The van der Waals surface area contributed by atoms with Crippen LogP contribution in [-0.2, 0) is 18.9 Å². The standard InChI is InChI=1S/C10H21NO4/c1-2-12-5-6-14-9-10-15-8-7-13-4-3-11/h2H,1,3-11H2. The molecule has 2 N–H and O–H groups in total. The highest BCUT2D eigenvalue weighted by atomic mass is 16.6. The third-order valence-electron chi connectivity index (χ3n) is 1.47. The van der Waals surface area contributed by atoms with Gasteiger partial charge in [0.1, 0.15) is 6.61 Å². The van der Waals surface area contributed by atoms with Crippen LogP contribution in [-0.4, -0.2) is 52.8 Å². The molecule has 90 valence electrons. The van der Waals surface area contributed by atoms with Crippen LogP contribution in [0.15, 0.2) is 12.8 Å². The van der Waals surface area contributed by atoms with E-state index < -0.39 is 0 Å². The highest BCUT2D eigenvalue weighted by molar-refractivity contribution is 4.47. The number of hydrogen-bond donors (Lipinski definition) is 1. The first-order valence-corrected chi connectivity index (χ1v) is 5.07. The Morgan fingerprint density at radius 2 is 1.27 bits per heavy atom. The van der Waals surface area contributed by atoms with Gasteiger partial charge in [-0.2, -0.15) is 0 Å². The molecule has 0 aromatic heterocycles. The fourth-order valence-electron chi connectivity index (χ4n) is 0.816. The van der Waals surface area contributed by atoms with Crippen molar-refractivity contribution in [3.8, 4) is 0 Å². The Kier molecular flexibility index (Phi) is 12.8. The van der Waals surface area contributed by atoms with E-state index in [2.05, 4.69) is 6.58 Å². The molecule has 0 heterocycles. The summed E-state index contributed by atoms with van der Waals surface area (Å²) in [6, 6.07) is 0. The number of rotatable bonds is 12. The van der Waals surface area contributed by atoms with Crippen LogP contribution in [0.3, 0.4) is 0 Å². The predicted molar refractivity (Wildman–Crippen MR) is 57.7 cm³/mol. The molecule has 0 fully saturated rings. The van der Waals surface area contributed by atoms with Crippen molar-refractivity contribution in [2.24, 2.45) is 5.73 Å². The quantitative estimate of drug-likeness (QED) is 0.374. The first kappa shape index (κ1) is 14.4. The summed E-state index contributed by atoms with van der Waals surface area (Å²) in [4.78, 5) is 0. The second-order valence-corrected chi connectivity index (χ2v) is 2.66. The lowest BCUT2D eigenvalue weighted by Crippen LogP contribution is -2.14. The van der Waals surface area contributed by atoms with Crippen molar-refractivity contribution in [1.29, 1.82) is 0 Å². The summed E-state index contributed by atoms with van der Waals surface area (Å²) in [5.41, 5.74) is 5.24. The van der Waals surface area contributed by atoms with Crippen LogP contribution in [0.4, 0.5) is 0 Å². The van der Waals surface area contributed by atoms with E-state index >= 15 is 0 Å². The van der Waals surface area contributed by atoms with E-state index in [1.165, 1.54) is 6.26 Å². The van der Waals surface area contributed by atoms with E-state index in [9.17, 15) is 0 Å².